The van der Waals surface area contributed by atoms with Crippen LogP contribution in [0.3, 0.4) is 0 Å². The summed E-state index contributed by atoms with van der Waals surface area (Å²) in [5.74, 6) is -1.82. The number of carbonyl (C=O) groups is 2. The van der Waals surface area contributed by atoms with E-state index in [1.54, 1.807) is 18.2 Å². The Kier molecular flexibility index (Phi) is 7.40. The first-order valence-corrected chi connectivity index (χ1v) is 7.08. The van der Waals surface area contributed by atoms with Crippen LogP contribution in [-0.2, 0) is 19.1 Å². The van der Waals surface area contributed by atoms with E-state index in [-0.39, 0.29) is 5.97 Å². The van der Waals surface area contributed by atoms with Crippen molar-refractivity contribution in [3.05, 3.63) is 36.8 Å². The zero-order valence-electron chi connectivity index (χ0n) is 12.1. The lowest BCUT2D eigenvalue weighted by Gasteiger charge is -2.23. The molecule has 0 N–H and O–H groups in total. The molecule has 2 unspecified atom stereocenters. The lowest BCUT2D eigenvalue weighted by atomic mass is 9.84. The number of esters is 2. The van der Waals surface area contributed by atoms with Crippen molar-refractivity contribution < 1.29 is 19.1 Å². The molecule has 1 aliphatic carbocycles. The summed E-state index contributed by atoms with van der Waals surface area (Å²) in [4.78, 5) is 24.0. The van der Waals surface area contributed by atoms with Crippen LogP contribution in [-0.4, -0.2) is 11.9 Å². The molecule has 110 valence electrons. The highest BCUT2D eigenvalue weighted by Gasteiger charge is 2.35. The number of hydrogen-bond donors (Lipinski definition) is 0. The highest BCUT2D eigenvalue weighted by Crippen LogP contribution is 2.27. The molecule has 0 saturated heterocycles. The van der Waals surface area contributed by atoms with Crippen molar-refractivity contribution in [2.24, 2.45) is 11.8 Å². The topological polar surface area (TPSA) is 52.6 Å². The molecule has 4 heteroatoms. The first kappa shape index (κ1) is 16.2. The lowest BCUT2D eigenvalue weighted by Crippen LogP contribution is -2.31. The Morgan fingerprint density at radius 2 is 1.70 bits per heavy atom. The maximum absolute atomic E-state index is 12.0. The van der Waals surface area contributed by atoms with Gasteiger partial charge in [0.25, 0.3) is 0 Å². The van der Waals surface area contributed by atoms with E-state index < -0.39 is 17.8 Å². The summed E-state index contributed by atoms with van der Waals surface area (Å²) in [5, 5.41) is 0. The van der Waals surface area contributed by atoms with Crippen molar-refractivity contribution in [3.8, 4) is 0 Å². The van der Waals surface area contributed by atoms with Crippen molar-refractivity contribution >= 4 is 11.9 Å². The minimum atomic E-state index is -0.562. The largest absolute Gasteiger partial charge is 0.435 e. The molecule has 0 radical (unpaired) electrons. The van der Waals surface area contributed by atoms with Gasteiger partial charge in [0, 0.05) is 0 Å². The smallest absolute Gasteiger partial charge is 0.318 e. The third-order valence-electron chi connectivity index (χ3n) is 3.03. The van der Waals surface area contributed by atoms with E-state index >= 15 is 0 Å². The van der Waals surface area contributed by atoms with E-state index in [1.165, 1.54) is 12.5 Å². The van der Waals surface area contributed by atoms with Crippen LogP contribution >= 0.6 is 0 Å². The fourth-order valence-electron chi connectivity index (χ4n) is 1.93. The Labute approximate surface area is 120 Å². The monoisotopic (exact) mass is 278 g/mol. The molecule has 0 heterocycles. The van der Waals surface area contributed by atoms with Crippen LogP contribution in [0.2, 0.25) is 0 Å². The first-order valence-electron chi connectivity index (χ1n) is 7.08. The second-order valence-electron chi connectivity index (χ2n) is 4.57. The molecule has 20 heavy (non-hydrogen) atoms. The maximum Gasteiger partial charge on any atom is 0.318 e. The lowest BCUT2D eigenvalue weighted by molar-refractivity contribution is -0.153. The van der Waals surface area contributed by atoms with E-state index in [1.807, 2.05) is 19.9 Å². The van der Waals surface area contributed by atoms with E-state index in [0.717, 1.165) is 19.3 Å². The Morgan fingerprint density at radius 3 is 2.30 bits per heavy atom. The van der Waals surface area contributed by atoms with Crippen LogP contribution in [0.4, 0.5) is 0 Å². The normalized spacial score (nSPS) is 22.3. The highest BCUT2D eigenvalue weighted by molar-refractivity contribution is 5.84. The molecule has 0 aliphatic heterocycles. The van der Waals surface area contributed by atoms with Gasteiger partial charge in [-0.1, -0.05) is 26.0 Å². The third kappa shape index (κ3) is 5.03. The predicted octanol–water partition coefficient (Wildman–Crippen LogP) is 3.50. The van der Waals surface area contributed by atoms with Crippen LogP contribution in [0.5, 0.6) is 0 Å². The molecule has 2 atom stereocenters. The van der Waals surface area contributed by atoms with Gasteiger partial charge in [0.05, 0.1) is 24.4 Å². The molecule has 1 aliphatic rings. The molecule has 0 fully saturated rings. The van der Waals surface area contributed by atoms with Crippen molar-refractivity contribution in [1.29, 1.82) is 0 Å². The Morgan fingerprint density at radius 1 is 1.10 bits per heavy atom. The fraction of sp³-hybridized carbons (Fsp3) is 0.500. The van der Waals surface area contributed by atoms with Gasteiger partial charge in [-0.3, -0.25) is 9.59 Å². The fourth-order valence-corrected chi connectivity index (χ4v) is 1.93. The highest BCUT2D eigenvalue weighted by atomic mass is 16.5. The molecule has 0 aromatic heterocycles. The van der Waals surface area contributed by atoms with Crippen molar-refractivity contribution in [3.63, 3.8) is 0 Å². The molecule has 1 rings (SSSR count). The van der Waals surface area contributed by atoms with Gasteiger partial charge in [-0.05, 0) is 37.8 Å². The molecular weight excluding hydrogens is 256 g/mol. The van der Waals surface area contributed by atoms with Crippen molar-refractivity contribution in [2.45, 2.75) is 39.5 Å². The number of rotatable bonds is 6. The van der Waals surface area contributed by atoms with Crippen LogP contribution < -0.4 is 0 Å². The summed E-state index contributed by atoms with van der Waals surface area (Å²) >= 11 is 0. The minimum absolute atomic E-state index is 0.375. The molecular formula is C16H22O4. The summed E-state index contributed by atoms with van der Waals surface area (Å²) < 4.78 is 10.1. The van der Waals surface area contributed by atoms with Gasteiger partial charge in [0.15, 0.2) is 0 Å². The second kappa shape index (κ2) is 9.13. The summed E-state index contributed by atoms with van der Waals surface area (Å²) in [6.45, 7) is 3.90. The molecule has 0 amide bonds. The van der Waals surface area contributed by atoms with Crippen LogP contribution in [0.25, 0.3) is 0 Å². The van der Waals surface area contributed by atoms with Crippen LogP contribution in [0.1, 0.15) is 39.5 Å². The average molecular weight is 278 g/mol. The first-order chi connectivity index (χ1) is 9.70. The minimum Gasteiger partial charge on any atom is -0.435 e. The summed E-state index contributed by atoms with van der Waals surface area (Å²) in [6, 6.07) is 0. The molecule has 0 aromatic rings. The standard InChI is InChI=1S/C16H22O4/c1-3-5-11-19-15(17)13-9-7-8-10-14(13)16(18)20-12-6-4-2/h5-7,9,11-14H,3-4,8,10H2,1-2H3/b11-5+,12-6+. The van der Waals surface area contributed by atoms with E-state index in [0.29, 0.717) is 6.42 Å². The third-order valence-corrected chi connectivity index (χ3v) is 3.03. The van der Waals surface area contributed by atoms with Crippen LogP contribution in [0, 0.1) is 11.8 Å². The summed E-state index contributed by atoms with van der Waals surface area (Å²) in [7, 11) is 0. The quantitative estimate of drug-likeness (QED) is 0.424. The molecule has 0 bridgehead atoms. The molecule has 0 spiro atoms. The zero-order chi connectivity index (χ0) is 14.8. The predicted molar refractivity (Wildman–Crippen MR) is 76.4 cm³/mol. The SMILES string of the molecule is CC/C=C/OC(=O)C1C=CCCC1C(=O)O/C=C/CC. The summed E-state index contributed by atoms with van der Waals surface area (Å²) in [5.41, 5.74) is 0. The second-order valence-corrected chi connectivity index (χ2v) is 4.57. The molecule has 0 saturated carbocycles. The molecule has 4 nitrogen and oxygen atoms in total. The average Bonchev–Trinajstić information content (AvgIpc) is 2.47. The summed E-state index contributed by atoms with van der Waals surface area (Å²) in [6.07, 6.45) is 12.9. The van der Waals surface area contributed by atoms with E-state index in [9.17, 15) is 9.59 Å². The Hall–Kier alpha value is -1.84. The van der Waals surface area contributed by atoms with Gasteiger partial charge in [-0.2, -0.15) is 0 Å². The van der Waals surface area contributed by atoms with Gasteiger partial charge in [-0.15, -0.1) is 0 Å². The van der Waals surface area contributed by atoms with Crippen LogP contribution in [0.15, 0.2) is 36.8 Å². The zero-order valence-corrected chi connectivity index (χ0v) is 12.1. The molecule has 0 aromatic carbocycles. The number of hydrogen-bond acceptors (Lipinski definition) is 4. The van der Waals surface area contributed by atoms with E-state index in [2.05, 4.69) is 0 Å². The van der Waals surface area contributed by atoms with Gasteiger partial charge in [0.1, 0.15) is 0 Å². The number of ether oxygens (including phenoxy) is 2. The number of allylic oxidation sites excluding steroid dienone is 3. The van der Waals surface area contributed by atoms with Gasteiger partial charge < -0.3 is 9.47 Å². The van der Waals surface area contributed by atoms with Gasteiger partial charge in [0.2, 0.25) is 0 Å². The Bertz CT molecular complexity index is 407. The van der Waals surface area contributed by atoms with Crippen molar-refractivity contribution in [1.82, 2.24) is 0 Å². The van der Waals surface area contributed by atoms with Crippen molar-refractivity contribution in [2.75, 3.05) is 0 Å². The Balaban J connectivity index is 2.65. The maximum atomic E-state index is 12.0. The van der Waals surface area contributed by atoms with Gasteiger partial charge in [-0.25, -0.2) is 0 Å². The van der Waals surface area contributed by atoms with Gasteiger partial charge >= 0.3 is 11.9 Å². The van der Waals surface area contributed by atoms with E-state index in [4.69, 9.17) is 9.47 Å². The number of carbonyl (C=O) groups excluding carboxylic acids is 2.